The van der Waals surface area contributed by atoms with Crippen LogP contribution in [0.25, 0.3) is 10.9 Å². The molecule has 6 heteroatoms. The van der Waals surface area contributed by atoms with E-state index in [9.17, 15) is 4.79 Å². The number of nitrogens with one attached hydrogen (secondary N) is 1. The number of aromatic nitrogens is 1. The van der Waals surface area contributed by atoms with Crippen molar-refractivity contribution in [1.29, 1.82) is 0 Å². The first kappa shape index (κ1) is 12.8. The Hall–Kier alpha value is -2.24. The monoisotopic (exact) mass is 289 g/mol. The number of nitrogens with two attached hydrogens (primary N) is 1. The Bertz CT molecular complexity index is 776. The van der Waals surface area contributed by atoms with Crippen molar-refractivity contribution < 1.29 is 9.21 Å². The zero-order valence-electron chi connectivity index (χ0n) is 10.5. The normalized spacial score (nSPS) is 10.9. The van der Waals surface area contributed by atoms with E-state index in [0.717, 1.165) is 10.9 Å². The number of hydrogen-bond acceptors (Lipinski definition) is 3. The third-order valence-electron chi connectivity index (χ3n) is 3.08. The number of carbonyl (C=O) groups excluding carboxylic acids is 1. The van der Waals surface area contributed by atoms with Gasteiger partial charge in [-0.25, -0.2) is 5.84 Å². The summed E-state index contributed by atoms with van der Waals surface area (Å²) in [6.45, 7) is 0.516. The van der Waals surface area contributed by atoms with Gasteiger partial charge in [0.2, 0.25) is 0 Å². The lowest BCUT2D eigenvalue weighted by molar-refractivity contribution is 0.0924. The minimum Gasteiger partial charge on any atom is -0.454 e. The summed E-state index contributed by atoms with van der Waals surface area (Å²) in [7, 11) is 0. The fourth-order valence-electron chi connectivity index (χ4n) is 2.12. The van der Waals surface area contributed by atoms with Crippen molar-refractivity contribution in [1.82, 2.24) is 9.99 Å². The molecular weight excluding hydrogens is 278 g/mol. The Labute approximate surface area is 119 Å². The molecule has 0 unspecified atom stereocenters. The van der Waals surface area contributed by atoms with Gasteiger partial charge in [-0.3, -0.25) is 10.2 Å². The average Bonchev–Trinajstić information content (AvgIpc) is 3.06. The molecule has 0 bridgehead atoms. The highest BCUT2D eigenvalue weighted by molar-refractivity contribution is 6.31. The van der Waals surface area contributed by atoms with Crippen LogP contribution in [0.2, 0.25) is 5.02 Å². The van der Waals surface area contributed by atoms with E-state index in [1.807, 2.05) is 40.5 Å². The summed E-state index contributed by atoms with van der Waals surface area (Å²) in [6.07, 6.45) is 1.95. The topological polar surface area (TPSA) is 73.2 Å². The molecule has 0 aliphatic rings. The standard InChI is InChI=1S/C14H12ClN3O2/c15-10-2-1-9-5-6-18(12(9)7-10)8-11-3-4-13(20-11)14(19)17-16/h1-7H,8,16H2,(H,17,19). The number of halogens is 1. The van der Waals surface area contributed by atoms with Crippen LogP contribution in [0.1, 0.15) is 16.3 Å². The van der Waals surface area contributed by atoms with Crippen LogP contribution in [0.5, 0.6) is 0 Å². The van der Waals surface area contributed by atoms with E-state index in [0.29, 0.717) is 17.3 Å². The summed E-state index contributed by atoms with van der Waals surface area (Å²) in [5.74, 6) is 5.47. The lowest BCUT2D eigenvalue weighted by Crippen LogP contribution is -2.29. The molecule has 0 spiro atoms. The number of furan rings is 1. The van der Waals surface area contributed by atoms with E-state index in [1.54, 1.807) is 12.1 Å². The van der Waals surface area contributed by atoms with Gasteiger partial charge in [0.25, 0.3) is 0 Å². The zero-order valence-corrected chi connectivity index (χ0v) is 11.2. The van der Waals surface area contributed by atoms with Crippen molar-refractivity contribution in [3.63, 3.8) is 0 Å². The molecule has 0 radical (unpaired) electrons. The molecule has 0 atom stereocenters. The van der Waals surface area contributed by atoms with E-state index >= 15 is 0 Å². The molecule has 2 heterocycles. The van der Waals surface area contributed by atoms with E-state index in [-0.39, 0.29) is 5.76 Å². The zero-order chi connectivity index (χ0) is 14.1. The van der Waals surface area contributed by atoms with Gasteiger partial charge in [0.1, 0.15) is 5.76 Å². The fourth-order valence-corrected chi connectivity index (χ4v) is 2.29. The third kappa shape index (κ3) is 2.29. The molecule has 0 saturated carbocycles. The highest BCUT2D eigenvalue weighted by Crippen LogP contribution is 2.22. The van der Waals surface area contributed by atoms with Gasteiger partial charge in [0.15, 0.2) is 5.76 Å². The van der Waals surface area contributed by atoms with Crippen LogP contribution in [0.3, 0.4) is 0 Å². The van der Waals surface area contributed by atoms with Crippen molar-refractivity contribution >= 4 is 28.4 Å². The van der Waals surface area contributed by atoms with Crippen molar-refractivity contribution in [2.75, 3.05) is 0 Å². The number of amides is 1. The highest BCUT2D eigenvalue weighted by atomic mass is 35.5. The number of rotatable bonds is 3. The van der Waals surface area contributed by atoms with E-state index < -0.39 is 5.91 Å². The van der Waals surface area contributed by atoms with Gasteiger partial charge in [-0.05, 0) is 35.7 Å². The Balaban J connectivity index is 1.91. The van der Waals surface area contributed by atoms with Crippen LogP contribution < -0.4 is 11.3 Å². The van der Waals surface area contributed by atoms with Crippen LogP contribution in [-0.2, 0) is 6.54 Å². The minimum absolute atomic E-state index is 0.192. The first-order chi connectivity index (χ1) is 9.67. The number of hydrogen-bond donors (Lipinski definition) is 2. The van der Waals surface area contributed by atoms with E-state index in [2.05, 4.69) is 0 Å². The molecule has 2 aromatic heterocycles. The second kappa shape index (κ2) is 5.03. The number of nitrogens with zero attached hydrogens (tertiary/aromatic N) is 1. The molecule has 0 saturated heterocycles. The van der Waals surface area contributed by atoms with Gasteiger partial charge in [-0.15, -0.1) is 0 Å². The second-order valence-electron chi connectivity index (χ2n) is 4.39. The summed E-state index contributed by atoms with van der Waals surface area (Å²) >= 11 is 6.01. The molecule has 0 aliphatic heterocycles. The quantitative estimate of drug-likeness (QED) is 0.442. The lowest BCUT2D eigenvalue weighted by atomic mass is 10.2. The Morgan fingerprint density at radius 3 is 2.95 bits per heavy atom. The van der Waals surface area contributed by atoms with Crippen LogP contribution in [0, 0.1) is 0 Å². The van der Waals surface area contributed by atoms with Crippen molar-refractivity contribution in [2.45, 2.75) is 6.54 Å². The van der Waals surface area contributed by atoms with Gasteiger partial charge in [0.05, 0.1) is 6.54 Å². The maximum absolute atomic E-state index is 11.3. The molecule has 0 aliphatic carbocycles. The van der Waals surface area contributed by atoms with Crippen LogP contribution in [-0.4, -0.2) is 10.5 Å². The van der Waals surface area contributed by atoms with Gasteiger partial charge in [-0.2, -0.15) is 0 Å². The number of nitrogen functional groups attached to an aromatic ring is 1. The number of benzene rings is 1. The average molecular weight is 290 g/mol. The maximum atomic E-state index is 11.3. The van der Waals surface area contributed by atoms with Crippen LogP contribution in [0.4, 0.5) is 0 Å². The maximum Gasteiger partial charge on any atom is 0.300 e. The number of fused-ring (bicyclic) bond motifs is 1. The van der Waals surface area contributed by atoms with E-state index in [1.165, 1.54) is 0 Å². The molecule has 1 amide bonds. The van der Waals surface area contributed by atoms with Crippen molar-refractivity contribution in [3.8, 4) is 0 Å². The first-order valence-corrected chi connectivity index (χ1v) is 6.39. The predicted octanol–water partition coefficient (Wildman–Crippen LogP) is 2.54. The van der Waals surface area contributed by atoms with Gasteiger partial charge in [-0.1, -0.05) is 17.7 Å². The molecule has 3 aromatic rings. The molecular formula is C14H12ClN3O2. The summed E-state index contributed by atoms with van der Waals surface area (Å²) in [6, 6.07) is 11.1. The van der Waals surface area contributed by atoms with Crippen molar-refractivity contribution in [2.24, 2.45) is 5.84 Å². The Kier molecular flexibility index (Phi) is 3.22. The van der Waals surface area contributed by atoms with Gasteiger partial charge in [0, 0.05) is 16.7 Å². The fraction of sp³-hybridized carbons (Fsp3) is 0.0714. The first-order valence-electron chi connectivity index (χ1n) is 6.01. The molecule has 20 heavy (non-hydrogen) atoms. The Morgan fingerprint density at radius 1 is 1.30 bits per heavy atom. The van der Waals surface area contributed by atoms with E-state index in [4.69, 9.17) is 21.9 Å². The van der Waals surface area contributed by atoms with Crippen LogP contribution in [0.15, 0.2) is 47.0 Å². The smallest absolute Gasteiger partial charge is 0.300 e. The lowest BCUT2D eigenvalue weighted by Gasteiger charge is -2.03. The number of carbonyl (C=O) groups is 1. The number of hydrazine groups is 1. The van der Waals surface area contributed by atoms with Gasteiger partial charge < -0.3 is 8.98 Å². The third-order valence-corrected chi connectivity index (χ3v) is 3.31. The molecule has 102 valence electrons. The van der Waals surface area contributed by atoms with Crippen molar-refractivity contribution in [3.05, 3.63) is 59.1 Å². The molecule has 3 N–H and O–H groups in total. The summed E-state index contributed by atoms with van der Waals surface area (Å²) in [5.41, 5.74) is 3.05. The molecule has 3 rings (SSSR count). The predicted molar refractivity (Wildman–Crippen MR) is 76.4 cm³/mol. The molecule has 5 nitrogen and oxygen atoms in total. The summed E-state index contributed by atoms with van der Waals surface area (Å²) in [4.78, 5) is 11.3. The highest BCUT2D eigenvalue weighted by Gasteiger charge is 2.10. The van der Waals surface area contributed by atoms with Gasteiger partial charge >= 0.3 is 5.91 Å². The molecule has 1 aromatic carbocycles. The second-order valence-corrected chi connectivity index (χ2v) is 4.82. The Morgan fingerprint density at radius 2 is 2.15 bits per heavy atom. The minimum atomic E-state index is -0.448. The van der Waals surface area contributed by atoms with Crippen LogP contribution >= 0.6 is 11.6 Å². The largest absolute Gasteiger partial charge is 0.454 e. The summed E-state index contributed by atoms with van der Waals surface area (Å²) in [5, 5.41) is 1.78. The molecule has 0 fully saturated rings. The SMILES string of the molecule is NNC(=O)c1ccc(Cn2ccc3ccc(Cl)cc32)o1. The summed E-state index contributed by atoms with van der Waals surface area (Å²) < 4.78 is 7.45.